The van der Waals surface area contributed by atoms with Gasteiger partial charge in [-0.3, -0.25) is 4.79 Å². The molecule has 14 heteroatoms. The second kappa shape index (κ2) is 49.5. The van der Waals surface area contributed by atoms with Crippen molar-refractivity contribution in [2.45, 2.75) is 363 Å². The Labute approximate surface area is 518 Å². The van der Waals surface area contributed by atoms with Crippen LogP contribution in [-0.4, -0.2) is 131 Å². The molecule has 0 aromatic rings. The van der Waals surface area contributed by atoms with Gasteiger partial charge in [0, 0.05) is 65.3 Å². The van der Waals surface area contributed by atoms with Crippen LogP contribution in [0.5, 0.6) is 0 Å². The SMILES string of the molecule is CCCCCCCCCCCCCCCCCCN(CCCCCCCCCCCCCCCCCC)C(=O)CCCN(CCCN(CCCCN(CCCNC(=O)OC(C)(C)C)C(=O)OC(C)(C)C)C(=O)OC(C)(C)C)C(=O)OC(C)(C)C. The van der Waals surface area contributed by atoms with Gasteiger partial charge < -0.3 is 43.9 Å². The standard InChI is InChI=1S/C70H137N5O9/c1-15-17-19-21-23-25-27-29-31-33-35-37-39-41-43-45-54-72(55-46-44-42-40-38-36-34-32-30-28-26-24-22-20-18-16-2)62(76)52-49-58-75(66(80)84-70(12,13)14)61-51-60-74(65(79)83-69(9,10)11)57-48-47-56-73(64(78)82-68(6,7)8)59-50-53-71-63(77)81-67(3,4)5/h15-61H2,1-14H3,(H,71,77). The number of nitrogens with one attached hydrogen (secondary N) is 1. The minimum absolute atomic E-state index is 0.167. The lowest BCUT2D eigenvalue weighted by atomic mass is 10.0. The highest BCUT2D eigenvalue weighted by atomic mass is 16.6. The summed E-state index contributed by atoms with van der Waals surface area (Å²) in [6.45, 7) is 30.7. The molecule has 0 unspecified atom stereocenters. The number of ether oxygens (including phenoxy) is 4. The van der Waals surface area contributed by atoms with Crippen molar-refractivity contribution in [2.24, 2.45) is 0 Å². The molecule has 0 aliphatic rings. The van der Waals surface area contributed by atoms with E-state index in [9.17, 15) is 24.0 Å². The molecule has 84 heavy (non-hydrogen) atoms. The molecule has 0 heterocycles. The first kappa shape index (κ1) is 80.5. The van der Waals surface area contributed by atoms with Crippen LogP contribution in [0.25, 0.3) is 0 Å². The van der Waals surface area contributed by atoms with Crippen LogP contribution in [0.1, 0.15) is 341 Å². The Kier molecular flexibility index (Phi) is 47.5. The Balaban J connectivity index is 5.60. The Morgan fingerprint density at radius 3 is 0.786 bits per heavy atom. The third-order valence-electron chi connectivity index (χ3n) is 14.9. The van der Waals surface area contributed by atoms with Gasteiger partial charge in [-0.1, -0.05) is 206 Å². The van der Waals surface area contributed by atoms with Crippen molar-refractivity contribution in [3.8, 4) is 0 Å². The zero-order valence-corrected chi connectivity index (χ0v) is 57.7. The van der Waals surface area contributed by atoms with E-state index < -0.39 is 46.8 Å². The van der Waals surface area contributed by atoms with Gasteiger partial charge in [-0.15, -0.1) is 0 Å². The van der Waals surface area contributed by atoms with Crippen LogP contribution < -0.4 is 5.32 Å². The third kappa shape index (κ3) is 52.8. The number of amides is 5. The first-order chi connectivity index (χ1) is 39.8. The van der Waals surface area contributed by atoms with Gasteiger partial charge in [0.25, 0.3) is 0 Å². The summed E-state index contributed by atoms with van der Waals surface area (Å²) < 4.78 is 22.8. The van der Waals surface area contributed by atoms with Crippen molar-refractivity contribution < 1.29 is 42.9 Å². The molecule has 0 aliphatic heterocycles. The third-order valence-corrected chi connectivity index (χ3v) is 14.9. The molecule has 14 nitrogen and oxygen atoms in total. The summed E-state index contributed by atoms with van der Waals surface area (Å²) in [6, 6.07) is 0. The molecule has 0 atom stereocenters. The maximum atomic E-state index is 14.1. The number of hydrogen-bond acceptors (Lipinski definition) is 9. The zero-order valence-electron chi connectivity index (χ0n) is 57.7. The average molecular weight is 1190 g/mol. The molecule has 0 aliphatic carbocycles. The molecule has 0 bridgehead atoms. The minimum atomic E-state index is -0.711. The highest BCUT2D eigenvalue weighted by molar-refractivity contribution is 5.76. The van der Waals surface area contributed by atoms with Gasteiger partial charge in [0.15, 0.2) is 0 Å². The molecule has 0 aromatic heterocycles. The molecule has 0 rings (SSSR count). The predicted octanol–water partition coefficient (Wildman–Crippen LogP) is 19.9. The highest BCUT2D eigenvalue weighted by Crippen LogP contribution is 2.20. The van der Waals surface area contributed by atoms with Gasteiger partial charge in [0.1, 0.15) is 22.4 Å². The van der Waals surface area contributed by atoms with Crippen LogP contribution in [0.3, 0.4) is 0 Å². The van der Waals surface area contributed by atoms with Gasteiger partial charge in [-0.2, -0.15) is 0 Å². The van der Waals surface area contributed by atoms with E-state index >= 15 is 0 Å². The molecule has 0 aromatic carbocycles. The largest absolute Gasteiger partial charge is 0.444 e. The molecule has 0 radical (unpaired) electrons. The first-order valence-corrected chi connectivity index (χ1v) is 34.9. The monoisotopic (exact) mass is 1190 g/mol. The number of hydrogen-bond donors (Lipinski definition) is 1. The van der Waals surface area contributed by atoms with Gasteiger partial charge in [-0.05, 0) is 128 Å². The Bertz CT molecular complexity index is 1600. The summed E-state index contributed by atoms with van der Waals surface area (Å²) in [5.74, 6) is 0.167. The van der Waals surface area contributed by atoms with Crippen LogP contribution in [-0.2, 0) is 23.7 Å². The summed E-state index contributed by atoms with van der Waals surface area (Å²) in [5, 5.41) is 2.76. The summed E-state index contributed by atoms with van der Waals surface area (Å²) in [5.41, 5.74) is -2.71. The Hall–Kier alpha value is -3.45. The summed E-state index contributed by atoms with van der Waals surface area (Å²) in [4.78, 5) is 74.1. The summed E-state index contributed by atoms with van der Waals surface area (Å²) in [7, 11) is 0. The molecule has 0 saturated carbocycles. The van der Waals surface area contributed by atoms with E-state index in [2.05, 4.69) is 24.1 Å². The number of carbonyl (C=O) groups is 5. The van der Waals surface area contributed by atoms with E-state index in [1.807, 2.05) is 83.1 Å². The van der Waals surface area contributed by atoms with E-state index in [-0.39, 0.29) is 5.91 Å². The number of carbonyl (C=O) groups excluding carboxylic acids is 5. The molecule has 0 spiro atoms. The molecular formula is C70H137N5O9. The van der Waals surface area contributed by atoms with Crippen molar-refractivity contribution in [1.29, 1.82) is 0 Å². The maximum Gasteiger partial charge on any atom is 0.410 e. The van der Waals surface area contributed by atoms with E-state index in [0.717, 1.165) is 38.8 Å². The number of alkyl carbamates (subject to hydrolysis) is 1. The molecule has 5 amide bonds. The normalized spacial score (nSPS) is 12.0. The van der Waals surface area contributed by atoms with Crippen LogP contribution in [0, 0.1) is 0 Å². The van der Waals surface area contributed by atoms with Crippen molar-refractivity contribution in [2.75, 3.05) is 58.9 Å². The Morgan fingerprint density at radius 2 is 0.500 bits per heavy atom. The van der Waals surface area contributed by atoms with Gasteiger partial charge in [0.2, 0.25) is 5.91 Å². The van der Waals surface area contributed by atoms with Crippen LogP contribution >= 0.6 is 0 Å². The van der Waals surface area contributed by atoms with Gasteiger partial charge >= 0.3 is 24.4 Å². The number of nitrogens with zero attached hydrogens (tertiary/aromatic N) is 4. The van der Waals surface area contributed by atoms with Crippen LogP contribution in [0.2, 0.25) is 0 Å². The van der Waals surface area contributed by atoms with E-state index in [4.69, 9.17) is 18.9 Å². The first-order valence-electron chi connectivity index (χ1n) is 34.9. The number of rotatable bonds is 51. The van der Waals surface area contributed by atoms with E-state index in [0.29, 0.717) is 84.3 Å². The van der Waals surface area contributed by atoms with Crippen molar-refractivity contribution in [3.05, 3.63) is 0 Å². The minimum Gasteiger partial charge on any atom is -0.444 e. The lowest BCUT2D eigenvalue weighted by Gasteiger charge is -2.30. The van der Waals surface area contributed by atoms with Crippen LogP contribution in [0.4, 0.5) is 19.2 Å². The van der Waals surface area contributed by atoms with E-state index in [1.165, 1.54) is 180 Å². The van der Waals surface area contributed by atoms with Crippen molar-refractivity contribution in [3.63, 3.8) is 0 Å². The fourth-order valence-corrected chi connectivity index (χ4v) is 10.3. The lowest BCUT2D eigenvalue weighted by Crippen LogP contribution is -2.42. The van der Waals surface area contributed by atoms with Gasteiger partial charge in [0.05, 0.1) is 0 Å². The second-order valence-electron chi connectivity index (χ2n) is 28.3. The fraction of sp³-hybridized carbons (Fsp3) is 0.929. The topological polar surface area (TPSA) is 147 Å². The quantitative estimate of drug-likeness (QED) is 0.0464. The molecule has 0 saturated heterocycles. The Morgan fingerprint density at radius 1 is 0.274 bits per heavy atom. The molecule has 1 N–H and O–H groups in total. The average Bonchev–Trinajstić information content (AvgIpc) is 3.56. The van der Waals surface area contributed by atoms with Crippen LogP contribution in [0.15, 0.2) is 0 Å². The summed E-state index contributed by atoms with van der Waals surface area (Å²) >= 11 is 0. The molecule has 0 fully saturated rings. The number of unbranched alkanes of at least 4 members (excludes halogenated alkanes) is 31. The highest BCUT2D eigenvalue weighted by Gasteiger charge is 2.27. The van der Waals surface area contributed by atoms with Crippen molar-refractivity contribution in [1.82, 2.24) is 24.9 Å². The lowest BCUT2D eigenvalue weighted by molar-refractivity contribution is -0.131. The second-order valence-corrected chi connectivity index (χ2v) is 28.3. The smallest absolute Gasteiger partial charge is 0.410 e. The maximum absolute atomic E-state index is 14.1. The summed E-state index contributed by atoms with van der Waals surface area (Å²) in [6.07, 6.45) is 43.5. The zero-order chi connectivity index (χ0) is 63.0. The van der Waals surface area contributed by atoms with Crippen molar-refractivity contribution >= 4 is 30.3 Å². The predicted molar refractivity (Wildman–Crippen MR) is 351 cm³/mol. The van der Waals surface area contributed by atoms with Gasteiger partial charge in [-0.25, -0.2) is 19.2 Å². The molecular weight excluding hydrogens is 1050 g/mol. The molecule has 496 valence electrons. The van der Waals surface area contributed by atoms with E-state index in [1.54, 1.807) is 14.7 Å². The fourth-order valence-electron chi connectivity index (χ4n) is 10.3.